The fourth-order valence-corrected chi connectivity index (χ4v) is 3.67. The zero-order chi connectivity index (χ0) is 15.5. The number of nitrogens with one attached hydrogen (secondary N) is 1. The molecule has 0 bridgehead atoms. The van der Waals surface area contributed by atoms with Crippen molar-refractivity contribution < 1.29 is 4.79 Å². The molecule has 1 amide bonds. The van der Waals surface area contributed by atoms with E-state index in [4.69, 9.17) is 0 Å². The van der Waals surface area contributed by atoms with Gasteiger partial charge in [-0.1, -0.05) is 40.2 Å². The molecule has 0 aliphatic heterocycles. The Hall–Kier alpha value is -1.42. The molecule has 1 N–H and O–H groups in total. The molecule has 2 aliphatic rings. The lowest BCUT2D eigenvalue weighted by atomic mass is 10.1. The Morgan fingerprint density at radius 1 is 1.14 bits per heavy atom. The van der Waals surface area contributed by atoms with Gasteiger partial charge in [0.2, 0.25) is 5.91 Å². The molecular formula is C18H21BrN2O. The van der Waals surface area contributed by atoms with Crippen molar-refractivity contribution in [3.8, 4) is 0 Å². The number of nitrogens with zero attached hydrogens (tertiary/aromatic N) is 1. The van der Waals surface area contributed by atoms with Crippen LogP contribution in [0.5, 0.6) is 0 Å². The van der Waals surface area contributed by atoms with Crippen molar-refractivity contribution >= 4 is 27.5 Å². The quantitative estimate of drug-likeness (QED) is 0.487. The van der Waals surface area contributed by atoms with Crippen LogP contribution in [0.2, 0.25) is 0 Å². The minimum absolute atomic E-state index is 0.0911. The van der Waals surface area contributed by atoms with Crippen LogP contribution in [0, 0.1) is 17.8 Å². The van der Waals surface area contributed by atoms with Gasteiger partial charge in [-0.2, -0.15) is 5.10 Å². The van der Waals surface area contributed by atoms with Crippen molar-refractivity contribution in [1.29, 1.82) is 0 Å². The van der Waals surface area contributed by atoms with Gasteiger partial charge in [-0.3, -0.25) is 4.79 Å². The molecule has 1 fully saturated rings. The third kappa shape index (κ3) is 3.49. The Kier molecular flexibility index (Phi) is 4.77. The van der Waals surface area contributed by atoms with Crippen LogP contribution in [0.4, 0.5) is 0 Å². The van der Waals surface area contributed by atoms with Crippen LogP contribution >= 0.6 is 15.9 Å². The predicted octanol–water partition coefficient (Wildman–Crippen LogP) is 4.28. The second-order valence-corrected chi connectivity index (χ2v) is 7.08. The molecule has 1 aromatic rings. The zero-order valence-electron chi connectivity index (χ0n) is 12.8. The lowest BCUT2D eigenvalue weighted by molar-refractivity contribution is -0.122. The van der Waals surface area contributed by atoms with Gasteiger partial charge in [-0.15, -0.1) is 0 Å². The highest BCUT2D eigenvalue weighted by Crippen LogP contribution is 2.52. The maximum atomic E-state index is 12.3. The highest BCUT2D eigenvalue weighted by atomic mass is 79.9. The first-order valence-corrected chi connectivity index (χ1v) is 8.71. The third-order valence-corrected chi connectivity index (χ3v) is 5.26. The summed E-state index contributed by atoms with van der Waals surface area (Å²) in [5.74, 6) is 1.39. The fraction of sp³-hybridized carbons (Fsp3) is 0.444. The number of hydrogen-bond acceptors (Lipinski definition) is 2. The smallest absolute Gasteiger partial charge is 0.243 e. The Bertz CT molecular complexity index is 590. The van der Waals surface area contributed by atoms with E-state index in [2.05, 4.69) is 38.6 Å². The first kappa shape index (κ1) is 15.5. The van der Waals surface area contributed by atoms with E-state index >= 15 is 0 Å². The Balaban J connectivity index is 1.58. The van der Waals surface area contributed by atoms with Gasteiger partial charge in [-0.05, 0) is 62.1 Å². The molecular weight excluding hydrogens is 340 g/mol. The van der Waals surface area contributed by atoms with Crippen molar-refractivity contribution in [3.63, 3.8) is 0 Å². The summed E-state index contributed by atoms with van der Waals surface area (Å²) in [7, 11) is 0. The van der Waals surface area contributed by atoms with Crippen molar-refractivity contribution in [2.45, 2.75) is 32.6 Å². The Morgan fingerprint density at radius 3 is 2.32 bits per heavy atom. The van der Waals surface area contributed by atoms with Crippen LogP contribution < -0.4 is 5.43 Å². The van der Waals surface area contributed by atoms with E-state index in [1.807, 2.05) is 31.2 Å². The van der Waals surface area contributed by atoms with E-state index in [1.54, 1.807) is 0 Å². The SMILES string of the molecule is C/C(=N\NC(=O)C1[C@@H]2CC/C=C\CC[C@@H]12)c1ccc(Br)cc1. The molecule has 3 rings (SSSR count). The number of carbonyl (C=O) groups is 1. The van der Waals surface area contributed by atoms with Crippen LogP contribution in [0.1, 0.15) is 38.2 Å². The zero-order valence-corrected chi connectivity index (χ0v) is 14.3. The second kappa shape index (κ2) is 6.78. The van der Waals surface area contributed by atoms with E-state index in [0.717, 1.165) is 41.4 Å². The summed E-state index contributed by atoms with van der Waals surface area (Å²) in [6.45, 7) is 1.92. The molecule has 4 heteroatoms. The molecule has 0 heterocycles. The summed E-state index contributed by atoms with van der Waals surface area (Å²) >= 11 is 3.42. The van der Waals surface area contributed by atoms with E-state index in [0.29, 0.717) is 11.8 Å². The maximum absolute atomic E-state index is 12.3. The van der Waals surface area contributed by atoms with Crippen molar-refractivity contribution in [1.82, 2.24) is 5.43 Å². The molecule has 0 unspecified atom stereocenters. The molecule has 0 radical (unpaired) electrons. The van der Waals surface area contributed by atoms with Crippen LogP contribution in [-0.4, -0.2) is 11.6 Å². The van der Waals surface area contributed by atoms with E-state index in [9.17, 15) is 4.79 Å². The summed E-state index contributed by atoms with van der Waals surface area (Å²) in [5.41, 5.74) is 4.63. The van der Waals surface area contributed by atoms with E-state index in [-0.39, 0.29) is 11.8 Å². The standard InChI is InChI=1S/C18H21BrN2O/c1-12(13-8-10-14(19)11-9-13)20-21-18(22)17-15-6-4-2-3-5-7-16(15)17/h2-3,8-11,15-17H,4-7H2,1H3,(H,21,22)/b3-2-,20-12+/t15-,16-/m1/s1. The van der Waals surface area contributed by atoms with Gasteiger partial charge in [-0.25, -0.2) is 5.43 Å². The number of rotatable bonds is 3. The summed E-state index contributed by atoms with van der Waals surface area (Å²) < 4.78 is 1.04. The molecule has 2 atom stereocenters. The van der Waals surface area contributed by atoms with Crippen LogP contribution in [0.15, 0.2) is 46.0 Å². The molecule has 3 nitrogen and oxygen atoms in total. The number of halogens is 1. The van der Waals surface area contributed by atoms with Gasteiger partial charge < -0.3 is 0 Å². The summed E-state index contributed by atoms with van der Waals surface area (Å²) in [4.78, 5) is 12.3. The summed E-state index contributed by atoms with van der Waals surface area (Å²) in [6, 6.07) is 7.94. The molecule has 0 saturated heterocycles. The number of carbonyl (C=O) groups excluding carboxylic acids is 1. The average Bonchev–Trinajstić information content (AvgIpc) is 3.16. The first-order chi connectivity index (χ1) is 10.7. The number of amides is 1. The summed E-state index contributed by atoms with van der Waals surface area (Å²) in [6.07, 6.45) is 8.97. The van der Waals surface area contributed by atoms with E-state index in [1.165, 1.54) is 0 Å². The van der Waals surface area contributed by atoms with Crippen molar-refractivity contribution in [3.05, 3.63) is 46.5 Å². The topological polar surface area (TPSA) is 41.5 Å². The number of benzene rings is 1. The molecule has 0 spiro atoms. The van der Waals surface area contributed by atoms with Crippen LogP contribution in [0.3, 0.4) is 0 Å². The fourth-order valence-electron chi connectivity index (χ4n) is 3.40. The second-order valence-electron chi connectivity index (χ2n) is 6.16. The molecule has 1 saturated carbocycles. The molecule has 22 heavy (non-hydrogen) atoms. The van der Waals surface area contributed by atoms with Crippen molar-refractivity contribution in [2.24, 2.45) is 22.9 Å². The number of allylic oxidation sites excluding steroid dienone is 2. The molecule has 1 aromatic carbocycles. The maximum Gasteiger partial charge on any atom is 0.243 e. The average molecular weight is 361 g/mol. The Morgan fingerprint density at radius 2 is 1.73 bits per heavy atom. The monoisotopic (exact) mass is 360 g/mol. The third-order valence-electron chi connectivity index (χ3n) is 4.73. The lowest BCUT2D eigenvalue weighted by Crippen LogP contribution is -2.22. The first-order valence-electron chi connectivity index (χ1n) is 7.92. The number of fused-ring (bicyclic) bond motifs is 1. The highest BCUT2D eigenvalue weighted by Gasteiger charge is 2.53. The van der Waals surface area contributed by atoms with E-state index < -0.39 is 0 Å². The Labute approximate surface area is 140 Å². The van der Waals surface area contributed by atoms with Gasteiger partial charge in [0.1, 0.15) is 0 Å². The van der Waals surface area contributed by atoms with Gasteiger partial charge in [0.25, 0.3) is 0 Å². The molecule has 0 aromatic heterocycles. The van der Waals surface area contributed by atoms with Gasteiger partial charge >= 0.3 is 0 Å². The largest absolute Gasteiger partial charge is 0.273 e. The minimum Gasteiger partial charge on any atom is -0.273 e. The van der Waals surface area contributed by atoms with Crippen molar-refractivity contribution in [2.75, 3.05) is 0 Å². The molecule has 116 valence electrons. The molecule has 2 aliphatic carbocycles. The number of hydrazone groups is 1. The highest BCUT2D eigenvalue weighted by molar-refractivity contribution is 9.10. The minimum atomic E-state index is 0.0911. The van der Waals surface area contributed by atoms with Crippen LogP contribution in [0.25, 0.3) is 0 Å². The predicted molar refractivity (Wildman–Crippen MR) is 92.6 cm³/mol. The van der Waals surface area contributed by atoms with Gasteiger partial charge in [0, 0.05) is 10.4 Å². The van der Waals surface area contributed by atoms with Gasteiger partial charge in [0.15, 0.2) is 0 Å². The normalized spacial score (nSPS) is 29.0. The summed E-state index contributed by atoms with van der Waals surface area (Å²) in [5, 5.41) is 4.28. The lowest BCUT2D eigenvalue weighted by Gasteiger charge is -2.03. The van der Waals surface area contributed by atoms with Crippen LogP contribution in [-0.2, 0) is 4.79 Å². The van der Waals surface area contributed by atoms with Gasteiger partial charge in [0.05, 0.1) is 5.71 Å². The number of hydrogen-bond donors (Lipinski definition) is 1.